The van der Waals surface area contributed by atoms with Gasteiger partial charge in [-0.15, -0.1) is 0 Å². The van der Waals surface area contributed by atoms with Crippen LogP contribution in [0.3, 0.4) is 0 Å². The first-order valence-corrected chi connectivity index (χ1v) is 11.3. The van der Waals surface area contributed by atoms with Gasteiger partial charge in [-0.25, -0.2) is 4.98 Å². The van der Waals surface area contributed by atoms with E-state index in [9.17, 15) is 19.2 Å². The first-order chi connectivity index (χ1) is 16.3. The van der Waals surface area contributed by atoms with Gasteiger partial charge in [0.2, 0.25) is 5.91 Å². The average Bonchev–Trinajstić information content (AvgIpc) is 2.92. The van der Waals surface area contributed by atoms with Gasteiger partial charge in [-0.1, -0.05) is 36.4 Å². The number of ketones is 1. The maximum atomic E-state index is 13.5. The minimum atomic E-state index is -1.23. The van der Waals surface area contributed by atoms with E-state index < -0.39 is 11.4 Å². The molecule has 2 amide bonds. The molecule has 1 atom stereocenters. The predicted molar refractivity (Wildman–Crippen MR) is 126 cm³/mol. The van der Waals surface area contributed by atoms with Gasteiger partial charge in [0, 0.05) is 12.8 Å². The number of fused-ring (bicyclic) bond motifs is 1. The molecule has 1 fully saturated rings. The van der Waals surface area contributed by atoms with E-state index in [1.807, 2.05) is 30.3 Å². The van der Waals surface area contributed by atoms with Crippen molar-refractivity contribution in [2.45, 2.75) is 51.7 Å². The number of ether oxygens (including phenoxy) is 1. The molecule has 1 unspecified atom stereocenters. The molecule has 1 aromatic heterocycles. The van der Waals surface area contributed by atoms with Crippen LogP contribution in [0.1, 0.15) is 43.1 Å². The molecule has 4 rings (SSSR count). The van der Waals surface area contributed by atoms with Crippen LogP contribution in [0.25, 0.3) is 10.9 Å². The second kappa shape index (κ2) is 9.69. The van der Waals surface area contributed by atoms with Crippen LogP contribution >= 0.6 is 0 Å². The van der Waals surface area contributed by atoms with Crippen molar-refractivity contribution >= 4 is 28.5 Å². The van der Waals surface area contributed by atoms with E-state index in [2.05, 4.69) is 10.3 Å². The van der Waals surface area contributed by atoms with Gasteiger partial charge in [0.05, 0.1) is 17.5 Å². The maximum Gasteiger partial charge on any atom is 0.262 e. The molecule has 0 radical (unpaired) electrons. The largest absolute Gasteiger partial charge is 0.369 e. The zero-order valence-corrected chi connectivity index (χ0v) is 19.3. The van der Waals surface area contributed by atoms with Crippen molar-refractivity contribution in [3.8, 4) is 0 Å². The van der Waals surface area contributed by atoms with Gasteiger partial charge in [0.1, 0.15) is 18.0 Å². The van der Waals surface area contributed by atoms with Crippen LogP contribution in [-0.2, 0) is 37.7 Å². The molecule has 2 heterocycles. The summed E-state index contributed by atoms with van der Waals surface area (Å²) in [6, 6.07) is 14.7. The van der Waals surface area contributed by atoms with Crippen LogP contribution in [0.4, 0.5) is 0 Å². The molecule has 8 heteroatoms. The topological polar surface area (TPSA) is 107 Å². The zero-order chi connectivity index (χ0) is 24.3. The Morgan fingerprint density at radius 3 is 2.65 bits per heavy atom. The smallest absolute Gasteiger partial charge is 0.262 e. The summed E-state index contributed by atoms with van der Waals surface area (Å²) in [6.07, 6.45) is 1.17. The lowest BCUT2D eigenvalue weighted by atomic mass is 9.94. The van der Waals surface area contributed by atoms with Gasteiger partial charge >= 0.3 is 0 Å². The highest BCUT2D eigenvalue weighted by Gasteiger charge is 2.40. The van der Waals surface area contributed by atoms with Crippen molar-refractivity contribution in [2.75, 3.05) is 6.61 Å². The summed E-state index contributed by atoms with van der Waals surface area (Å²) in [6.45, 7) is 3.64. The number of aromatic nitrogens is 2. The summed E-state index contributed by atoms with van der Waals surface area (Å²) in [5.74, 6) is -0.571. The summed E-state index contributed by atoms with van der Waals surface area (Å²) in [5.41, 5.74) is 0.542. The number of nitrogens with zero attached hydrogens (tertiary/aromatic N) is 2. The number of imide groups is 1. The number of carbonyl (C=O) groups excluding carboxylic acids is 3. The number of hydrogen-bond acceptors (Lipinski definition) is 6. The highest BCUT2D eigenvalue weighted by atomic mass is 16.5. The maximum absolute atomic E-state index is 13.5. The normalized spacial score (nSPS) is 18.5. The molecule has 8 nitrogen and oxygen atoms in total. The Morgan fingerprint density at radius 1 is 1.12 bits per heavy atom. The van der Waals surface area contributed by atoms with E-state index in [-0.39, 0.29) is 36.7 Å². The summed E-state index contributed by atoms with van der Waals surface area (Å²) in [4.78, 5) is 55.1. The fraction of sp³-hybridized carbons (Fsp3) is 0.346. The summed E-state index contributed by atoms with van der Waals surface area (Å²) < 4.78 is 6.90. The van der Waals surface area contributed by atoms with E-state index in [1.54, 1.807) is 32.0 Å². The molecule has 1 aliphatic rings. The number of nitrogens with one attached hydrogen (secondary N) is 1. The average molecular weight is 462 g/mol. The third-order valence-electron chi connectivity index (χ3n) is 6.18. The predicted octanol–water partition coefficient (Wildman–Crippen LogP) is 2.58. The highest BCUT2D eigenvalue weighted by molar-refractivity contribution is 5.99. The van der Waals surface area contributed by atoms with Crippen molar-refractivity contribution in [3.05, 3.63) is 75.8 Å². The van der Waals surface area contributed by atoms with Crippen molar-refractivity contribution in [2.24, 2.45) is 0 Å². The third-order valence-corrected chi connectivity index (χ3v) is 6.18. The fourth-order valence-electron chi connectivity index (χ4n) is 4.41. The molecule has 3 aromatic rings. The van der Waals surface area contributed by atoms with Crippen LogP contribution in [0, 0.1) is 6.92 Å². The molecule has 0 aliphatic carbocycles. The molecular weight excluding hydrogens is 434 g/mol. The van der Waals surface area contributed by atoms with Gasteiger partial charge in [0.25, 0.3) is 11.5 Å². The van der Waals surface area contributed by atoms with Crippen LogP contribution in [0.15, 0.2) is 53.3 Å². The van der Waals surface area contributed by atoms with Gasteiger partial charge in [-0.2, -0.15) is 0 Å². The number of aryl methyl sites for hydroxylation is 1. The Labute approximate surface area is 197 Å². The highest BCUT2D eigenvalue weighted by Crippen LogP contribution is 2.27. The van der Waals surface area contributed by atoms with Crippen LogP contribution < -0.4 is 10.9 Å². The van der Waals surface area contributed by atoms with Crippen LogP contribution in [0.5, 0.6) is 0 Å². The van der Waals surface area contributed by atoms with E-state index >= 15 is 0 Å². The molecule has 1 saturated heterocycles. The summed E-state index contributed by atoms with van der Waals surface area (Å²) >= 11 is 0. The molecule has 0 saturated carbocycles. The summed E-state index contributed by atoms with van der Waals surface area (Å²) in [5, 5.41) is 2.70. The first-order valence-electron chi connectivity index (χ1n) is 11.3. The van der Waals surface area contributed by atoms with Gasteiger partial charge in [-0.3, -0.25) is 29.1 Å². The number of amides is 2. The van der Waals surface area contributed by atoms with Gasteiger partial charge in [-0.05, 0) is 49.9 Å². The molecule has 0 spiro atoms. The standard InChI is InChI=1S/C26H27N3O5/c1-17-27-22-11-10-19(13-20(30)16-34-15-18-7-4-3-5-8-18)14-21(22)24(32)29(17)26(2)12-6-9-23(31)28-25(26)33/h3-5,7-8,10-11,14H,6,9,12-13,15-16H2,1-2H3,(H,28,31,33). The minimum Gasteiger partial charge on any atom is -0.369 e. The Balaban J connectivity index is 1.57. The molecule has 34 heavy (non-hydrogen) atoms. The number of Topliss-reactive ketones (excluding diaryl/α,β-unsaturated/α-hetero) is 1. The van der Waals surface area contributed by atoms with Crippen molar-refractivity contribution in [1.29, 1.82) is 0 Å². The van der Waals surface area contributed by atoms with E-state index in [0.29, 0.717) is 41.7 Å². The first kappa shape index (κ1) is 23.5. The second-order valence-corrected chi connectivity index (χ2v) is 8.85. The second-order valence-electron chi connectivity index (χ2n) is 8.85. The van der Waals surface area contributed by atoms with Crippen LogP contribution in [-0.4, -0.2) is 33.8 Å². The Morgan fingerprint density at radius 2 is 1.88 bits per heavy atom. The Kier molecular flexibility index (Phi) is 6.70. The summed E-state index contributed by atoms with van der Waals surface area (Å²) in [7, 11) is 0. The number of hydrogen-bond donors (Lipinski definition) is 1. The molecule has 2 aromatic carbocycles. The molecule has 1 N–H and O–H groups in total. The number of rotatable bonds is 7. The minimum absolute atomic E-state index is 0.0322. The van der Waals surface area contributed by atoms with Gasteiger partial charge < -0.3 is 4.74 Å². The lowest BCUT2D eigenvalue weighted by molar-refractivity contribution is -0.134. The Bertz CT molecular complexity index is 1320. The van der Waals surface area contributed by atoms with Gasteiger partial charge in [0.15, 0.2) is 5.78 Å². The Hall–Kier alpha value is -3.65. The molecule has 1 aliphatic heterocycles. The van der Waals surface area contributed by atoms with E-state index in [0.717, 1.165) is 5.56 Å². The van der Waals surface area contributed by atoms with E-state index in [4.69, 9.17) is 4.74 Å². The molecular formula is C26H27N3O5. The quantitative estimate of drug-likeness (QED) is 0.542. The van der Waals surface area contributed by atoms with Crippen molar-refractivity contribution < 1.29 is 19.1 Å². The SMILES string of the molecule is Cc1nc2ccc(CC(=O)COCc3ccccc3)cc2c(=O)n1C1(C)CCCC(=O)NC1=O. The lowest BCUT2D eigenvalue weighted by Crippen LogP contribution is -2.51. The number of benzene rings is 2. The van der Waals surface area contributed by atoms with E-state index in [1.165, 1.54) is 4.57 Å². The lowest BCUT2D eigenvalue weighted by Gasteiger charge is -2.30. The van der Waals surface area contributed by atoms with Crippen molar-refractivity contribution in [3.63, 3.8) is 0 Å². The molecule has 0 bridgehead atoms. The zero-order valence-electron chi connectivity index (χ0n) is 19.3. The third kappa shape index (κ3) is 4.82. The van der Waals surface area contributed by atoms with Crippen LogP contribution in [0.2, 0.25) is 0 Å². The monoisotopic (exact) mass is 461 g/mol. The fourth-order valence-corrected chi connectivity index (χ4v) is 4.41. The molecule has 176 valence electrons. The van der Waals surface area contributed by atoms with Crippen molar-refractivity contribution in [1.82, 2.24) is 14.9 Å². The number of carbonyl (C=O) groups is 3.